The lowest BCUT2D eigenvalue weighted by atomic mass is 10.3. The van der Waals surface area contributed by atoms with Gasteiger partial charge in [0.05, 0.1) is 16.7 Å². The van der Waals surface area contributed by atoms with E-state index in [-0.39, 0.29) is 5.56 Å². The van der Waals surface area contributed by atoms with Crippen molar-refractivity contribution in [1.82, 2.24) is 19.4 Å². The summed E-state index contributed by atoms with van der Waals surface area (Å²) < 4.78 is 28.0. The molecule has 0 unspecified atom stereocenters. The van der Waals surface area contributed by atoms with E-state index in [2.05, 4.69) is 15.0 Å². The molecule has 0 aliphatic rings. The molecular weight excluding hydrogens is 346 g/mol. The Morgan fingerprint density at radius 3 is 2.84 bits per heavy atom. The molecule has 1 aromatic carbocycles. The first kappa shape index (κ1) is 15.8. The zero-order valence-corrected chi connectivity index (χ0v) is 13.9. The number of H-pyrrole nitrogens is 1. The Morgan fingerprint density at radius 2 is 2.00 bits per heavy atom. The standard InChI is InChI=1S/C17H12F2N4OS/c1-9-3-2-4-23-15(24)5-10(20-16(9)23)8-25-17-21-13-6-11(18)12(19)7-14(13)22-17/h2-7H,8H2,1H3,(H,21,22). The lowest BCUT2D eigenvalue weighted by molar-refractivity contribution is 0.510. The largest absolute Gasteiger partial charge is 0.333 e. The summed E-state index contributed by atoms with van der Waals surface area (Å²) in [6.45, 7) is 1.89. The highest BCUT2D eigenvalue weighted by molar-refractivity contribution is 7.98. The number of hydrogen-bond acceptors (Lipinski definition) is 4. The van der Waals surface area contributed by atoms with Crippen LogP contribution in [0, 0.1) is 18.6 Å². The molecule has 0 spiro atoms. The van der Waals surface area contributed by atoms with Gasteiger partial charge < -0.3 is 4.98 Å². The summed E-state index contributed by atoms with van der Waals surface area (Å²) in [5.41, 5.74) is 2.74. The first-order valence-electron chi connectivity index (χ1n) is 7.47. The van der Waals surface area contributed by atoms with Crippen molar-refractivity contribution >= 4 is 28.4 Å². The van der Waals surface area contributed by atoms with Crippen LogP contribution in [0.5, 0.6) is 0 Å². The first-order chi connectivity index (χ1) is 12.0. The minimum absolute atomic E-state index is 0.155. The van der Waals surface area contributed by atoms with Crippen LogP contribution in [0.3, 0.4) is 0 Å². The molecule has 0 saturated heterocycles. The third-order valence-electron chi connectivity index (χ3n) is 3.80. The Morgan fingerprint density at radius 1 is 1.20 bits per heavy atom. The van der Waals surface area contributed by atoms with Crippen molar-refractivity contribution in [1.29, 1.82) is 0 Å². The molecule has 0 aliphatic carbocycles. The van der Waals surface area contributed by atoms with Crippen LogP contribution < -0.4 is 5.56 Å². The Bertz CT molecular complexity index is 1130. The molecule has 5 nitrogen and oxygen atoms in total. The molecule has 4 rings (SSSR count). The van der Waals surface area contributed by atoms with Crippen molar-refractivity contribution < 1.29 is 8.78 Å². The summed E-state index contributed by atoms with van der Waals surface area (Å²) in [5, 5.41) is 0.506. The first-order valence-corrected chi connectivity index (χ1v) is 8.45. The van der Waals surface area contributed by atoms with E-state index in [0.29, 0.717) is 33.3 Å². The quantitative estimate of drug-likeness (QED) is 0.570. The number of hydrogen-bond donors (Lipinski definition) is 1. The summed E-state index contributed by atoms with van der Waals surface area (Å²) in [6, 6.07) is 7.29. The van der Waals surface area contributed by atoms with E-state index in [4.69, 9.17) is 0 Å². The zero-order chi connectivity index (χ0) is 17.6. The molecule has 0 saturated carbocycles. The van der Waals surface area contributed by atoms with E-state index in [1.54, 1.807) is 12.3 Å². The summed E-state index contributed by atoms with van der Waals surface area (Å²) in [5.74, 6) is -1.45. The van der Waals surface area contributed by atoms with Gasteiger partial charge >= 0.3 is 0 Å². The summed E-state index contributed by atoms with van der Waals surface area (Å²) in [4.78, 5) is 23.9. The van der Waals surface area contributed by atoms with Gasteiger partial charge in [0.15, 0.2) is 16.8 Å². The fourth-order valence-corrected chi connectivity index (χ4v) is 3.35. The second-order valence-electron chi connectivity index (χ2n) is 5.58. The summed E-state index contributed by atoms with van der Waals surface area (Å²) >= 11 is 1.31. The fraction of sp³-hybridized carbons (Fsp3) is 0.118. The number of halogens is 2. The van der Waals surface area contributed by atoms with Gasteiger partial charge in [-0.2, -0.15) is 0 Å². The maximum atomic E-state index is 13.3. The molecule has 0 amide bonds. The van der Waals surface area contributed by atoms with Crippen molar-refractivity contribution in [3.8, 4) is 0 Å². The van der Waals surface area contributed by atoms with Gasteiger partial charge in [-0.05, 0) is 18.6 Å². The molecule has 0 radical (unpaired) electrons. The zero-order valence-electron chi connectivity index (χ0n) is 13.1. The van der Waals surface area contributed by atoms with Crippen LogP contribution in [0.1, 0.15) is 11.3 Å². The van der Waals surface area contributed by atoms with Gasteiger partial charge in [0.25, 0.3) is 5.56 Å². The second-order valence-corrected chi connectivity index (χ2v) is 6.55. The lowest BCUT2D eigenvalue weighted by Crippen LogP contribution is -2.15. The van der Waals surface area contributed by atoms with Crippen molar-refractivity contribution in [2.75, 3.05) is 0 Å². The van der Waals surface area contributed by atoms with Gasteiger partial charge in [0.2, 0.25) is 0 Å². The van der Waals surface area contributed by atoms with E-state index in [0.717, 1.165) is 17.7 Å². The van der Waals surface area contributed by atoms with Crippen molar-refractivity contribution in [3.05, 3.63) is 69.8 Å². The average molecular weight is 358 g/mol. The van der Waals surface area contributed by atoms with E-state index >= 15 is 0 Å². The van der Waals surface area contributed by atoms with Crippen LogP contribution in [0.15, 0.2) is 46.5 Å². The number of rotatable bonds is 3. The fourth-order valence-electron chi connectivity index (χ4n) is 2.57. The molecule has 0 bridgehead atoms. The van der Waals surface area contributed by atoms with E-state index < -0.39 is 11.6 Å². The second kappa shape index (κ2) is 5.96. The molecule has 0 atom stereocenters. The molecule has 25 heavy (non-hydrogen) atoms. The van der Waals surface area contributed by atoms with Gasteiger partial charge in [-0.25, -0.2) is 18.7 Å². The average Bonchev–Trinajstić information content (AvgIpc) is 2.96. The molecule has 8 heteroatoms. The van der Waals surface area contributed by atoms with Crippen LogP contribution in [0.2, 0.25) is 0 Å². The van der Waals surface area contributed by atoms with Crippen molar-refractivity contribution in [2.45, 2.75) is 17.8 Å². The molecule has 126 valence electrons. The molecule has 0 fully saturated rings. The van der Waals surface area contributed by atoms with Crippen molar-refractivity contribution in [2.24, 2.45) is 0 Å². The lowest BCUT2D eigenvalue weighted by Gasteiger charge is -2.05. The molecule has 4 aromatic rings. The predicted octanol–water partition coefficient (Wildman–Crippen LogP) is 3.45. The summed E-state index contributed by atoms with van der Waals surface area (Å²) in [7, 11) is 0. The van der Waals surface area contributed by atoms with Crippen molar-refractivity contribution in [3.63, 3.8) is 0 Å². The number of benzene rings is 1. The number of thioether (sulfide) groups is 1. The van der Waals surface area contributed by atoms with E-state index in [1.165, 1.54) is 22.2 Å². The van der Waals surface area contributed by atoms with Crippen LogP contribution in [0.4, 0.5) is 8.78 Å². The smallest absolute Gasteiger partial charge is 0.258 e. The Labute approximate surface area is 144 Å². The number of imidazole rings is 1. The number of aromatic nitrogens is 4. The molecule has 1 N–H and O–H groups in total. The van der Waals surface area contributed by atoms with Gasteiger partial charge in [-0.15, -0.1) is 0 Å². The Kier molecular flexibility index (Phi) is 3.76. The monoisotopic (exact) mass is 358 g/mol. The number of aryl methyl sites for hydroxylation is 1. The van der Waals surface area contributed by atoms with Crippen LogP contribution >= 0.6 is 11.8 Å². The Balaban J connectivity index is 1.64. The highest BCUT2D eigenvalue weighted by Crippen LogP contribution is 2.24. The molecule has 3 aromatic heterocycles. The number of pyridine rings is 1. The number of nitrogens with one attached hydrogen (secondary N) is 1. The topological polar surface area (TPSA) is 63.1 Å². The van der Waals surface area contributed by atoms with Crippen LogP contribution in [-0.4, -0.2) is 19.4 Å². The van der Waals surface area contributed by atoms with Crippen LogP contribution in [-0.2, 0) is 5.75 Å². The highest BCUT2D eigenvalue weighted by Gasteiger charge is 2.10. The maximum Gasteiger partial charge on any atom is 0.258 e. The maximum absolute atomic E-state index is 13.3. The third-order valence-corrected chi connectivity index (χ3v) is 4.71. The predicted molar refractivity (Wildman–Crippen MR) is 91.8 cm³/mol. The molecule has 3 heterocycles. The van der Waals surface area contributed by atoms with Gasteiger partial charge in [-0.1, -0.05) is 17.8 Å². The highest BCUT2D eigenvalue weighted by atomic mass is 32.2. The van der Waals surface area contributed by atoms with Gasteiger partial charge in [0.1, 0.15) is 5.65 Å². The third kappa shape index (κ3) is 2.89. The van der Waals surface area contributed by atoms with E-state index in [1.807, 2.05) is 13.0 Å². The number of nitrogens with zero attached hydrogens (tertiary/aromatic N) is 3. The molecular formula is C17H12F2N4OS. The number of fused-ring (bicyclic) bond motifs is 2. The Hall–Kier alpha value is -2.74. The minimum Gasteiger partial charge on any atom is -0.333 e. The van der Waals surface area contributed by atoms with Gasteiger partial charge in [0, 0.05) is 30.1 Å². The normalized spacial score (nSPS) is 11.5. The van der Waals surface area contributed by atoms with Crippen LogP contribution in [0.25, 0.3) is 16.7 Å². The number of aromatic amines is 1. The summed E-state index contributed by atoms with van der Waals surface area (Å²) in [6.07, 6.45) is 1.68. The minimum atomic E-state index is -0.935. The molecule has 0 aliphatic heterocycles. The van der Waals surface area contributed by atoms with E-state index in [9.17, 15) is 13.6 Å². The SMILES string of the molecule is Cc1cccn2c(=O)cc(CSc3nc4cc(F)c(F)cc4[nH]3)nc12. The van der Waals surface area contributed by atoms with Gasteiger partial charge in [-0.3, -0.25) is 9.20 Å².